The third kappa shape index (κ3) is 3.20. The Morgan fingerprint density at radius 2 is 2.11 bits per heavy atom. The number of nitrogens with zero attached hydrogens (tertiary/aromatic N) is 2. The lowest BCUT2D eigenvalue weighted by Crippen LogP contribution is -2.44. The van der Waals surface area contributed by atoms with Crippen molar-refractivity contribution in [1.82, 2.24) is 9.88 Å². The lowest BCUT2D eigenvalue weighted by molar-refractivity contribution is 0.0696. The number of carboxylic acids is 1. The second kappa shape index (κ2) is 5.35. The van der Waals surface area contributed by atoms with Crippen LogP contribution in [0.2, 0.25) is 0 Å². The van der Waals surface area contributed by atoms with E-state index in [1.165, 1.54) is 0 Å². The SMILES string of the molecule is Cc1ccnc(NCC(C)(C)N(C)C)c1C(=O)O. The lowest BCUT2D eigenvalue weighted by Gasteiger charge is -2.33. The normalized spacial score (nSPS) is 11.7. The van der Waals surface area contributed by atoms with Crippen LogP contribution < -0.4 is 5.32 Å². The molecule has 1 heterocycles. The highest BCUT2D eigenvalue weighted by atomic mass is 16.4. The van der Waals surface area contributed by atoms with Crippen LogP contribution in [0, 0.1) is 6.92 Å². The lowest BCUT2D eigenvalue weighted by atomic mass is 10.0. The summed E-state index contributed by atoms with van der Waals surface area (Å²) in [4.78, 5) is 17.4. The minimum Gasteiger partial charge on any atom is -0.478 e. The molecule has 0 aliphatic carbocycles. The minimum absolute atomic E-state index is 0.0821. The Morgan fingerprint density at radius 3 is 2.61 bits per heavy atom. The van der Waals surface area contributed by atoms with E-state index >= 15 is 0 Å². The number of carboxylic acid groups (broad SMARTS) is 1. The van der Waals surface area contributed by atoms with Crippen molar-refractivity contribution >= 4 is 11.8 Å². The Hall–Kier alpha value is -1.62. The molecule has 0 aliphatic rings. The van der Waals surface area contributed by atoms with E-state index in [1.807, 2.05) is 14.1 Å². The summed E-state index contributed by atoms with van der Waals surface area (Å²) in [5.41, 5.74) is 0.871. The highest BCUT2D eigenvalue weighted by Gasteiger charge is 2.22. The second-order valence-electron chi connectivity index (χ2n) is 5.22. The maximum atomic E-state index is 11.2. The number of hydrogen-bond donors (Lipinski definition) is 2. The summed E-state index contributed by atoms with van der Waals surface area (Å²) in [6.07, 6.45) is 1.62. The molecule has 0 atom stereocenters. The van der Waals surface area contributed by atoms with Gasteiger partial charge in [-0.25, -0.2) is 9.78 Å². The first-order valence-corrected chi connectivity index (χ1v) is 5.86. The predicted octanol–water partition coefficient (Wildman–Crippen LogP) is 1.84. The number of anilines is 1. The third-order valence-corrected chi connectivity index (χ3v) is 3.27. The number of aromatic carboxylic acids is 1. The third-order valence-electron chi connectivity index (χ3n) is 3.27. The van der Waals surface area contributed by atoms with Crippen molar-refractivity contribution in [3.63, 3.8) is 0 Å². The van der Waals surface area contributed by atoms with Crippen LogP contribution in [-0.2, 0) is 0 Å². The molecular formula is C13H21N3O2. The second-order valence-corrected chi connectivity index (χ2v) is 5.22. The standard InChI is InChI=1S/C13H21N3O2/c1-9-6-7-14-11(10(9)12(17)18)15-8-13(2,3)16(4)5/h6-7H,8H2,1-5H3,(H,14,15)(H,17,18). The number of aromatic nitrogens is 1. The largest absolute Gasteiger partial charge is 0.478 e. The van der Waals surface area contributed by atoms with E-state index in [1.54, 1.807) is 19.2 Å². The molecule has 0 amide bonds. The number of pyridine rings is 1. The number of hydrogen-bond acceptors (Lipinski definition) is 4. The van der Waals surface area contributed by atoms with Crippen LogP contribution in [0.1, 0.15) is 29.8 Å². The van der Waals surface area contributed by atoms with E-state index in [0.29, 0.717) is 17.9 Å². The Balaban J connectivity index is 2.92. The highest BCUT2D eigenvalue weighted by Crippen LogP contribution is 2.18. The molecule has 0 radical (unpaired) electrons. The summed E-state index contributed by atoms with van der Waals surface area (Å²) >= 11 is 0. The van der Waals surface area contributed by atoms with Crippen molar-refractivity contribution in [3.05, 3.63) is 23.4 Å². The number of likely N-dealkylation sites (N-methyl/N-ethyl adjacent to an activating group) is 1. The van der Waals surface area contributed by atoms with Crippen LogP contribution in [0.5, 0.6) is 0 Å². The van der Waals surface area contributed by atoms with Crippen molar-refractivity contribution in [2.45, 2.75) is 26.3 Å². The van der Waals surface area contributed by atoms with Gasteiger partial charge in [0.1, 0.15) is 11.4 Å². The highest BCUT2D eigenvalue weighted by molar-refractivity contribution is 5.94. The average molecular weight is 251 g/mol. The van der Waals surface area contributed by atoms with Crippen LogP contribution in [0.25, 0.3) is 0 Å². The first kappa shape index (κ1) is 14.4. The topological polar surface area (TPSA) is 65.5 Å². The zero-order valence-electron chi connectivity index (χ0n) is 11.6. The maximum absolute atomic E-state index is 11.2. The molecule has 0 aromatic carbocycles. The van der Waals surface area contributed by atoms with Gasteiger partial charge in [0.05, 0.1) is 0 Å². The Morgan fingerprint density at radius 1 is 1.50 bits per heavy atom. The molecule has 0 fully saturated rings. The van der Waals surface area contributed by atoms with Gasteiger partial charge in [0.15, 0.2) is 0 Å². The van der Waals surface area contributed by atoms with Crippen LogP contribution in [0.15, 0.2) is 12.3 Å². The summed E-state index contributed by atoms with van der Waals surface area (Å²) in [6, 6.07) is 1.70. The quantitative estimate of drug-likeness (QED) is 0.836. The molecule has 0 saturated heterocycles. The Labute approximate surface area is 108 Å². The Bertz CT molecular complexity index is 442. The van der Waals surface area contributed by atoms with Gasteiger partial charge in [0.25, 0.3) is 0 Å². The molecule has 1 aromatic rings. The van der Waals surface area contributed by atoms with E-state index in [0.717, 1.165) is 0 Å². The van der Waals surface area contributed by atoms with Crippen molar-refractivity contribution in [2.75, 3.05) is 26.0 Å². The number of nitrogens with one attached hydrogen (secondary N) is 1. The van der Waals surface area contributed by atoms with Crippen LogP contribution >= 0.6 is 0 Å². The molecule has 0 unspecified atom stereocenters. The van der Waals surface area contributed by atoms with Crippen molar-refractivity contribution in [3.8, 4) is 0 Å². The fraction of sp³-hybridized carbons (Fsp3) is 0.538. The number of aryl methyl sites for hydroxylation is 1. The smallest absolute Gasteiger partial charge is 0.339 e. The summed E-state index contributed by atoms with van der Waals surface area (Å²) in [6.45, 7) is 6.55. The zero-order chi connectivity index (χ0) is 13.9. The molecule has 5 heteroatoms. The van der Waals surface area contributed by atoms with Gasteiger partial charge in [-0.2, -0.15) is 0 Å². The van der Waals surface area contributed by atoms with Crippen molar-refractivity contribution < 1.29 is 9.90 Å². The molecule has 0 bridgehead atoms. The summed E-state index contributed by atoms with van der Waals surface area (Å²) in [5.74, 6) is -0.525. The van der Waals surface area contributed by atoms with Crippen molar-refractivity contribution in [2.24, 2.45) is 0 Å². The Kier molecular flexibility index (Phi) is 4.29. The van der Waals surface area contributed by atoms with Crippen molar-refractivity contribution in [1.29, 1.82) is 0 Å². The fourth-order valence-electron chi connectivity index (χ4n) is 1.42. The summed E-state index contributed by atoms with van der Waals surface area (Å²) in [5, 5.41) is 12.3. The molecule has 18 heavy (non-hydrogen) atoms. The molecular weight excluding hydrogens is 230 g/mol. The molecule has 0 aliphatic heterocycles. The summed E-state index contributed by atoms with van der Waals surface area (Å²) < 4.78 is 0. The van der Waals surface area contributed by atoms with E-state index in [2.05, 4.69) is 29.0 Å². The van der Waals surface area contributed by atoms with Gasteiger partial charge in [-0.1, -0.05) is 0 Å². The fourth-order valence-corrected chi connectivity index (χ4v) is 1.42. The van der Waals surface area contributed by atoms with Gasteiger partial charge < -0.3 is 15.3 Å². The van der Waals surface area contributed by atoms with Gasteiger partial charge >= 0.3 is 5.97 Å². The van der Waals surface area contributed by atoms with Crippen LogP contribution in [-0.4, -0.2) is 47.1 Å². The van der Waals surface area contributed by atoms with Gasteiger partial charge in [0, 0.05) is 18.3 Å². The predicted molar refractivity (Wildman–Crippen MR) is 72.2 cm³/mol. The number of carbonyl (C=O) groups is 1. The van der Waals surface area contributed by atoms with E-state index < -0.39 is 5.97 Å². The monoisotopic (exact) mass is 251 g/mol. The summed E-state index contributed by atoms with van der Waals surface area (Å²) in [7, 11) is 3.98. The molecule has 0 saturated carbocycles. The van der Waals surface area contributed by atoms with Gasteiger partial charge in [0.2, 0.25) is 0 Å². The van der Waals surface area contributed by atoms with E-state index in [-0.39, 0.29) is 11.1 Å². The van der Waals surface area contributed by atoms with E-state index in [4.69, 9.17) is 0 Å². The maximum Gasteiger partial charge on any atom is 0.339 e. The number of rotatable bonds is 5. The molecule has 2 N–H and O–H groups in total. The molecule has 1 rings (SSSR count). The first-order valence-electron chi connectivity index (χ1n) is 5.86. The van der Waals surface area contributed by atoms with Crippen LogP contribution in [0.4, 0.5) is 5.82 Å². The molecule has 1 aromatic heterocycles. The zero-order valence-corrected chi connectivity index (χ0v) is 11.6. The molecule has 100 valence electrons. The van der Waals surface area contributed by atoms with Gasteiger partial charge in [-0.05, 0) is 46.5 Å². The average Bonchev–Trinajstić information content (AvgIpc) is 2.25. The molecule has 5 nitrogen and oxygen atoms in total. The minimum atomic E-state index is -0.953. The van der Waals surface area contributed by atoms with Crippen LogP contribution in [0.3, 0.4) is 0 Å². The van der Waals surface area contributed by atoms with E-state index in [9.17, 15) is 9.90 Å². The molecule has 0 spiro atoms. The van der Waals surface area contributed by atoms with Gasteiger partial charge in [-0.3, -0.25) is 0 Å². The first-order chi connectivity index (χ1) is 8.25. The van der Waals surface area contributed by atoms with Gasteiger partial charge in [-0.15, -0.1) is 0 Å².